The van der Waals surface area contributed by atoms with Crippen molar-refractivity contribution >= 4 is 5.91 Å². The third-order valence-electron chi connectivity index (χ3n) is 6.50. The maximum absolute atomic E-state index is 13.2. The normalized spacial score (nSPS) is 32.3. The molecule has 2 fully saturated rings. The van der Waals surface area contributed by atoms with Crippen LogP contribution in [-0.2, 0) is 7.05 Å². The number of alkyl halides is 2. The predicted octanol–water partition coefficient (Wildman–Crippen LogP) is 4.09. The molecule has 3 aliphatic rings. The molecule has 5 unspecified atom stereocenters. The standard InChI is InChI=1S/C20H25F2N3O/c1-10(2)16-12-7-8-13(16)17-11(12)5-4-6-15(17)23-20(26)14-9-25(3)24-18(14)19(21)22/h4-6,9-13,16-17,19H,7-8H2,1-3H3,(H,23,26). The molecule has 0 aromatic carbocycles. The number of hydrogen-bond acceptors (Lipinski definition) is 2. The van der Waals surface area contributed by atoms with E-state index in [1.807, 2.05) is 12.2 Å². The molecular weight excluding hydrogens is 336 g/mol. The smallest absolute Gasteiger partial charge is 0.282 e. The van der Waals surface area contributed by atoms with Gasteiger partial charge in [-0.15, -0.1) is 0 Å². The van der Waals surface area contributed by atoms with Crippen molar-refractivity contribution in [2.75, 3.05) is 0 Å². The van der Waals surface area contributed by atoms with Gasteiger partial charge < -0.3 is 5.32 Å². The van der Waals surface area contributed by atoms with Crippen LogP contribution in [0.1, 0.15) is 49.2 Å². The number of fused-ring (bicyclic) bond motifs is 5. The summed E-state index contributed by atoms with van der Waals surface area (Å²) in [6.07, 6.45) is 7.25. The minimum atomic E-state index is -2.77. The lowest BCUT2D eigenvalue weighted by atomic mass is 9.75. The van der Waals surface area contributed by atoms with Crippen molar-refractivity contribution < 1.29 is 13.6 Å². The Morgan fingerprint density at radius 1 is 1.31 bits per heavy atom. The van der Waals surface area contributed by atoms with Gasteiger partial charge in [0.1, 0.15) is 5.69 Å². The lowest BCUT2D eigenvalue weighted by molar-refractivity contribution is 0.0941. The van der Waals surface area contributed by atoms with Crippen molar-refractivity contribution in [3.63, 3.8) is 0 Å². The number of carbonyl (C=O) groups excluding carboxylic acids is 1. The fourth-order valence-electron chi connectivity index (χ4n) is 5.76. The van der Waals surface area contributed by atoms with Crippen LogP contribution in [0.3, 0.4) is 0 Å². The van der Waals surface area contributed by atoms with Crippen molar-refractivity contribution in [3.05, 3.63) is 41.4 Å². The van der Waals surface area contributed by atoms with Crippen molar-refractivity contribution in [1.29, 1.82) is 0 Å². The van der Waals surface area contributed by atoms with Crippen molar-refractivity contribution in [2.24, 2.45) is 42.6 Å². The Morgan fingerprint density at radius 2 is 2.04 bits per heavy atom. The fourth-order valence-corrected chi connectivity index (χ4v) is 5.76. The number of rotatable bonds is 4. The first kappa shape index (κ1) is 17.4. The molecule has 1 heterocycles. The zero-order valence-electron chi connectivity index (χ0n) is 15.3. The van der Waals surface area contributed by atoms with Crippen LogP contribution in [0.15, 0.2) is 30.1 Å². The molecule has 0 radical (unpaired) electrons. The second-order valence-corrected chi connectivity index (χ2v) is 8.19. The summed E-state index contributed by atoms with van der Waals surface area (Å²) < 4.78 is 27.6. The van der Waals surface area contributed by atoms with Crippen molar-refractivity contribution in [2.45, 2.75) is 33.1 Å². The van der Waals surface area contributed by atoms with E-state index in [0.29, 0.717) is 35.5 Å². The highest BCUT2D eigenvalue weighted by Crippen LogP contribution is 2.61. The highest BCUT2D eigenvalue weighted by Gasteiger charge is 2.55. The van der Waals surface area contributed by atoms with Gasteiger partial charge in [-0.3, -0.25) is 9.48 Å². The van der Waals surface area contributed by atoms with Gasteiger partial charge in [0.2, 0.25) is 0 Å². The molecule has 3 aliphatic carbocycles. The second-order valence-electron chi connectivity index (χ2n) is 8.19. The SMILES string of the molecule is CC(C)C1C2CCC1C1C(NC(=O)c3cn(C)nc3C(F)F)=CC=CC21. The molecule has 0 spiro atoms. The Balaban J connectivity index is 1.59. The van der Waals surface area contributed by atoms with Gasteiger partial charge in [-0.2, -0.15) is 5.10 Å². The van der Waals surface area contributed by atoms with Crippen LogP contribution in [0.25, 0.3) is 0 Å². The number of nitrogens with zero attached hydrogens (tertiary/aromatic N) is 2. The van der Waals surface area contributed by atoms with Crippen LogP contribution in [0.5, 0.6) is 0 Å². The molecule has 6 heteroatoms. The Morgan fingerprint density at radius 3 is 2.73 bits per heavy atom. The number of allylic oxidation sites excluding steroid dienone is 4. The molecule has 1 N–H and O–H groups in total. The molecule has 1 aromatic heterocycles. The minimum Gasteiger partial charge on any atom is -0.325 e. The number of hydrogen-bond donors (Lipinski definition) is 1. The van der Waals surface area contributed by atoms with Crippen LogP contribution in [0.4, 0.5) is 8.78 Å². The van der Waals surface area contributed by atoms with Gasteiger partial charge in [0.15, 0.2) is 0 Å². The van der Waals surface area contributed by atoms with Crippen LogP contribution in [0.2, 0.25) is 0 Å². The first-order valence-electron chi connectivity index (χ1n) is 9.40. The van der Waals surface area contributed by atoms with Crippen molar-refractivity contribution in [1.82, 2.24) is 15.1 Å². The van der Waals surface area contributed by atoms with Crippen LogP contribution in [0, 0.1) is 35.5 Å². The van der Waals surface area contributed by atoms with Crippen LogP contribution < -0.4 is 5.32 Å². The Kier molecular flexibility index (Phi) is 4.24. The van der Waals surface area contributed by atoms with E-state index >= 15 is 0 Å². The van der Waals surface area contributed by atoms with Crippen LogP contribution in [-0.4, -0.2) is 15.7 Å². The predicted molar refractivity (Wildman–Crippen MR) is 94.4 cm³/mol. The zero-order chi connectivity index (χ0) is 18.6. The summed E-state index contributed by atoms with van der Waals surface area (Å²) in [6.45, 7) is 4.56. The number of amides is 1. The molecule has 140 valence electrons. The Labute approximate surface area is 152 Å². The van der Waals surface area contributed by atoms with E-state index in [0.717, 1.165) is 5.70 Å². The highest BCUT2D eigenvalue weighted by atomic mass is 19.3. The number of nitrogens with one attached hydrogen (secondary N) is 1. The molecule has 2 bridgehead atoms. The van der Waals surface area contributed by atoms with Gasteiger partial charge in [-0.05, 0) is 48.5 Å². The number of carbonyl (C=O) groups is 1. The summed E-state index contributed by atoms with van der Waals surface area (Å²) in [5.41, 5.74) is 0.379. The molecule has 26 heavy (non-hydrogen) atoms. The quantitative estimate of drug-likeness (QED) is 0.878. The fraction of sp³-hybridized carbons (Fsp3) is 0.600. The number of aryl methyl sites for hydroxylation is 1. The van der Waals surface area contributed by atoms with Crippen molar-refractivity contribution in [3.8, 4) is 0 Å². The van der Waals surface area contributed by atoms with Gasteiger partial charge in [-0.1, -0.05) is 26.0 Å². The van der Waals surface area contributed by atoms with E-state index in [2.05, 4.69) is 30.3 Å². The average Bonchev–Trinajstić information content (AvgIpc) is 3.26. The van der Waals surface area contributed by atoms with Gasteiger partial charge >= 0.3 is 0 Å². The third kappa shape index (κ3) is 2.61. The minimum absolute atomic E-state index is 0.0435. The monoisotopic (exact) mass is 361 g/mol. The number of aromatic nitrogens is 2. The van der Waals surface area contributed by atoms with E-state index in [-0.39, 0.29) is 5.56 Å². The largest absolute Gasteiger partial charge is 0.325 e. The maximum atomic E-state index is 13.2. The summed E-state index contributed by atoms with van der Waals surface area (Å²) in [5.74, 6) is 2.77. The summed E-state index contributed by atoms with van der Waals surface area (Å²) in [4.78, 5) is 12.7. The van der Waals surface area contributed by atoms with E-state index in [9.17, 15) is 13.6 Å². The summed E-state index contributed by atoms with van der Waals surface area (Å²) >= 11 is 0. The van der Waals surface area contributed by atoms with Gasteiger partial charge in [0, 0.05) is 24.9 Å². The third-order valence-corrected chi connectivity index (χ3v) is 6.50. The maximum Gasteiger partial charge on any atom is 0.282 e. The Bertz CT molecular complexity index is 780. The van der Waals surface area contributed by atoms with Gasteiger partial charge in [-0.25, -0.2) is 8.78 Å². The molecule has 0 aliphatic heterocycles. The lowest BCUT2D eigenvalue weighted by Gasteiger charge is -2.33. The first-order valence-corrected chi connectivity index (χ1v) is 9.40. The zero-order valence-corrected chi connectivity index (χ0v) is 15.3. The molecule has 4 rings (SSSR count). The van der Waals surface area contributed by atoms with E-state index in [1.165, 1.54) is 23.7 Å². The Hall–Kier alpha value is -1.98. The van der Waals surface area contributed by atoms with E-state index < -0.39 is 18.0 Å². The van der Waals surface area contributed by atoms with Gasteiger partial charge in [0.05, 0.1) is 5.56 Å². The average molecular weight is 361 g/mol. The summed E-state index contributed by atoms with van der Waals surface area (Å²) in [6, 6.07) is 0. The molecule has 1 amide bonds. The molecular formula is C20H25F2N3O. The lowest BCUT2D eigenvalue weighted by Crippen LogP contribution is -2.34. The van der Waals surface area contributed by atoms with E-state index in [1.54, 1.807) is 7.05 Å². The highest BCUT2D eigenvalue weighted by molar-refractivity contribution is 5.96. The molecule has 5 atom stereocenters. The molecule has 1 aromatic rings. The van der Waals surface area contributed by atoms with Crippen LogP contribution >= 0.6 is 0 Å². The van der Waals surface area contributed by atoms with E-state index in [4.69, 9.17) is 0 Å². The summed E-state index contributed by atoms with van der Waals surface area (Å²) in [7, 11) is 1.55. The van der Waals surface area contributed by atoms with Gasteiger partial charge in [0.25, 0.3) is 12.3 Å². The summed E-state index contributed by atoms with van der Waals surface area (Å²) in [5, 5.41) is 6.68. The molecule has 4 nitrogen and oxygen atoms in total. The number of halogens is 2. The molecule has 2 saturated carbocycles. The first-order chi connectivity index (χ1) is 12.4. The molecule has 0 saturated heterocycles. The topological polar surface area (TPSA) is 46.9 Å². The second kappa shape index (κ2) is 6.32.